The fraction of sp³-hybridized carbons (Fsp3) is 0.345. The summed E-state index contributed by atoms with van der Waals surface area (Å²) in [6, 6.07) is 16.1. The van der Waals surface area contributed by atoms with Gasteiger partial charge >= 0.3 is 5.97 Å². The van der Waals surface area contributed by atoms with Gasteiger partial charge in [-0.25, -0.2) is 4.39 Å². The molecule has 186 valence electrons. The molecule has 1 aliphatic rings. The Morgan fingerprint density at radius 3 is 2.67 bits per heavy atom. The normalized spacial score (nSPS) is 18.8. The summed E-state index contributed by atoms with van der Waals surface area (Å²) in [4.78, 5) is 29.9. The van der Waals surface area contributed by atoms with Crippen molar-refractivity contribution in [3.8, 4) is 0 Å². The highest BCUT2D eigenvalue weighted by Crippen LogP contribution is 2.32. The first-order valence-corrected chi connectivity index (χ1v) is 12.4. The Labute approximate surface area is 209 Å². The molecule has 0 saturated heterocycles. The number of nitrogens with one attached hydrogen (secondary N) is 1. The summed E-state index contributed by atoms with van der Waals surface area (Å²) >= 11 is 0. The zero-order chi connectivity index (χ0) is 25.2. The highest BCUT2D eigenvalue weighted by molar-refractivity contribution is 6.06. The predicted octanol–water partition coefficient (Wildman–Crippen LogP) is 5.47. The zero-order valence-corrected chi connectivity index (χ0v) is 20.5. The number of para-hydroxylation sites is 1. The number of carbonyl (C=O) groups excluding carboxylic acids is 2. The van der Waals surface area contributed by atoms with Crippen LogP contribution in [0.15, 0.2) is 60.8 Å². The molecule has 5 rings (SSSR count). The van der Waals surface area contributed by atoms with Gasteiger partial charge in [-0.3, -0.25) is 14.6 Å². The fourth-order valence-corrected chi connectivity index (χ4v) is 5.40. The molecule has 0 radical (unpaired) electrons. The summed E-state index contributed by atoms with van der Waals surface area (Å²) in [6.07, 6.45) is 5.33. The topological polar surface area (TPSA) is 73.2 Å². The minimum atomic E-state index is -0.283. The third kappa shape index (κ3) is 4.83. The van der Waals surface area contributed by atoms with Crippen molar-refractivity contribution in [3.63, 3.8) is 0 Å². The number of amides is 1. The maximum Gasteiger partial charge on any atom is 0.308 e. The Morgan fingerprint density at radius 2 is 1.89 bits per heavy atom. The monoisotopic (exact) mass is 487 g/mol. The largest absolute Gasteiger partial charge is 0.469 e. The van der Waals surface area contributed by atoms with E-state index >= 15 is 0 Å². The highest BCUT2D eigenvalue weighted by atomic mass is 19.1. The van der Waals surface area contributed by atoms with Gasteiger partial charge in [0.15, 0.2) is 0 Å². The van der Waals surface area contributed by atoms with Crippen molar-refractivity contribution < 1.29 is 18.7 Å². The second-order valence-electron chi connectivity index (χ2n) is 9.72. The molecule has 1 unspecified atom stereocenters. The average Bonchev–Trinajstić information content (AvgIpc) is 3.31. The molecule has 0 bridgehead atoms. The Hall–Kier alpha value is -3.74. The molecule has 2 aromatic carbocycles. The van der Waals surface area contributed by atoms with Crippen molar-refractivity contribution in [2.75, 3.05) is 7.11 Å². The number of carbonyl (C=O) groups is 2. The number of fused-ring (bicyclic) bond motifs is 2. The molecule has 1 amide bonds. The third-order valence-electron chi connectivity index (χ3n) is 7.45. The number of hydrogen-bond acceptors (Lipinski definition) is 4. The van der Waals surface area contributed by atoms with Gasteiger partial charge in [-0.15, -0.1) is 0 Å². The fourth-order valence-electron chi connectivity index (χ4n) is 5.40. The standard InChI is InChI=1S/C29H30FN3O3/c1-18(19-6-8-21(9-7-19)29(35)36-2)31-28(34)25-5-3-4-20-14-15-33(27(20)25)17-24-12-10-22-16-23(30)11-13-26(22)32-24/h3-5,10-16,18-19,21H,6-9,17H2,1-2H3,(H,31,34)/t18?,19-,21-. The molecule has 36 heavy (non-hydrogen) atoms. The number of esters is 1. The van der Waals surface area contributed by atoms with Crippen LogP contribution in [-0.2, 0) is 16.1 Å². The van der Waals surface area contributed by atoms with E-state index in [9.17, 15) is 14.0 Å². The van der Waals surface area contributed by atoms with E-state index in [0.29, 0.717) is 18.0 Å². The molecule has 1 saturated carbocycles. The van der Waals surface area contributed by atoms with Crippen LogP contribution in [0, 0.1) is 17.7 Å². The molecular weight excluding hydrogens is 457 g/mol. The number of rotatable bonds is 6. The molecular formula is C29H30FN3O3. The number of pyridine rings is 1. The van der Waals surface area contributed by atoms with E-state index in [1.54, 1.807) is 6.07 Å². The third-order valence-corrected chi connectivity index (χ3v) is 7.45. The van der Waals surface area contributed by atoms with Gasteiger partial charge in [0.05, 0.1) is 41.9 Å². The van der Waals surface area contributed by atoms with Crippen LogP contribution in [0.3, 0.4) is 0 Å². The first-order valence-electron chi connectivity index (χ1n) is 12.4. The van der Waals surface area contributed by atoms with Crippen molar-refractivity contribution in [2.45, 2.75) is 45.2 Å². The van der Waals surface area contributed by atoms with E-state index < -0.39 is 0 Å². The van der Waals surface area contributed by atoms with Crippen molar-refractivity contribution in [1.82, 2.24) is 14.9 Å². The summed E-state index contributed by atoms with van der Waals surface area (Å²) in [7, 11) is 1.44. The molecule has 1 atom stereocenters. The van der Waals surface area contributed by atoms with Gasteiger partial charge in [0.2, 0.25) is 0 Å². The van der Waals surface area contributed by atoms with Gasteiger partial charge in [0, 0.05) is 23.0 Å². The number of hydrogen-bond donors (Lipinski definition) is 1. The van der Waals surface area contributed by atoms with E-state index in [4.69, 9.17) is 4.74 Å². The van der Waals surface area contributed by atoms with E-state index in [2.05, 4.69) is 10.3 Å². The second-order valence-corrected chi connectivity index (χ2v) is 9.72. The molecule has 1 fully saturated rings. The predicted molar refractivity (Wildman–Crippen MR) is 137 cm³/mol. The maximum atomic E-state index is 13.5. The van der Waals surface area contributed by atoms with Gasteiger partial charge in [0.1, 0.15) is 5.82 Å². The number of nitrogens with zero attached hydrogens (tertiary/aromatic N) is 2. The minimum Gasteiger partial charge on any atom is -0.469 e. The van der Waals surface area contributed by atoms with Crippen molar-refractivity contribution >= 4 is 33.7 Å². The van der Waals surface area contributed by atoms with Gasteiger partial charge < -0.3 is 14.6 Å². The van der Waals surface area contributed by atoms with E-state index in [0.717, 1.165) is 53.2 Å². The number of ether oxygens (including phenoxy) is 1. The molecule has 0 spiro atoms. The van der Waals surface area contributed by atoms with Gasteiger partial charge in [-0.05, 0) is 74.9 Å². The lowest BCUT2D eigenvalue weighted by Gasteiger charge is -2.31. The molecule has 0 aliphatic heterocycles. The molecule has 4 aromatic rings. The molecule has 6 nitrogen and oxygen atoms in total. The molecule has 7 heteroatoms. The second kappa shape index (κ2) is 10.1. The average molecular weight is 488 g/mol. The Balaban J connectivity index is 1.33. The quantitative estimate of drug-likeness (QED) is 0.366. The highest BCUT2D eigenvalue weighted by Gasteiger charge is 2.30. The van der Waals surface area contributed by atoms with Crippen molar-refractivity contribution in [2.24, 2.45) is 11.8 Å². The lowest BCUT2D eigenvalue weighted by molar-refractivity contribution is -0.146. The van der Waals surface area contributed by atoms with E-state index in [1.807, 2.05) is 54.1 Å². The SMILES string of the molecule is COC(=O)[C@H]1CC[C@H](C(C)NC(=O)c2cccc3ccn(Cc4ccc5cc(F)ccc5n4)c23)CC1. The van der Waals surface area contributed by atoms with Crippen LogP contribution in [0.4, 0.5) is 4.39 Å². The summed E-state index contributed by atoms with van der Waals surface area (Å²) in [6.45, 7) is 2.54. The lowest BCUT2D eigenvalue weighted by atomic mass is 9.79. The van der Waals surface area contributed by atoms with E-state index in [-0.39, 0.29) is 29.7 Å². The zero-order valence-electron chi connectivity index (χ0n) is 20.5. The van der Waals surface area contributed by atoms with Crippen LogP contribution in [0.25, 0.3) is 21.8 Å². The van der Waals surface area contributed by atoms with Crippen LogP contribution >= 0.6 is 0 Å². The number of aromatic nitrogens is 2. The summed E-state index contributed by atoms with van der Waals surface area (Å²) < 4.78 is 20.4. The van der Waals surface area contributed by atoms with Crippen LogP contribution in [0.5, 0.6) is 0 Å². The van der Waals surface area contributed by atoms with E-state index in [1.165, 1.54) is 19.2 Å². The molecule has 1 aliphatic carbocycles. The van der Waals surface area contributed by atoms with Gasteiger partial charge in [-0.1, -0.05) is 18.2 Å². The van der Waals surface area contributed by atoms with Crippen molar-refractivity contribution in [3.05, 3.63) is 77.9 Å². The molecule has 2 aromatic heterocycles. The van der Waals surface area contributed by atoms with Gasteiger partial charge in [-0.2, -0.15) is 0 Å². The Morgan fingerprint density at radius 1 is 1.08 bits per heavy atom. The minimum absolute atomic E-state index is 0.00249. The summed E-state index contributed by atoms with van der Waals surface area (Å²) in [5, 5.41) is 4.95. The number of benzene rings is 2. The maximum absolute atomic E-state index is 13.5. The summed E-state index contributed by atoms with van der Waals surface area (Å²) in [5.74, 6) is -0.230. The van der Waals surface area contributed by atoms with Gasteiger partial charge in [0.25, 0.3) is 5.91 Å². The smallest absolute Gasteiger partial charge is 0.308 e. The molecule has 1 N–H and O–H groups in total. The van der Waals surface area contributed by atoms with Crippen LogP contribution < -0.4 is 5.32 Å². The first-order chi connectivity index (χ1) is 17.4. The Kier molecular flexibility index (Phi) is 6.72. The Bertz CT molecular complexity index is 1420. The van der Waals surface area contributed by atoms with Crippen molar-refractivity contribution in [1.29, 1.82) is 0 Å². The summed E-state index contributed by atoms with van der Waals surface area (Å²) in [5.41, 5.74) is 3.05. The first kappa shape index (κ1) is 24.0. The lowest BCUT2D eigenvalue weighted by Crippen LogP contribution is -2.40. The number of methoxy groups -OCH3 is 1. The van der Waals surface area contributed by atoms with Crippen LogP contribution in [-0.4, -0.2) is 34.6 Å². The molecule has 2 heterocycles. The van der Waals surface area contributed by atoms with Crippen LogP contribution in [0.1, 0.15) is 48.7 Å². The number of halogens is 1. The van der Waals surface area contributed by atoms with Crippen LogP contribution in [0.2, 0.25) is 0 Å².